The van der Waals surface area contributed by atoms with Crippen molar-refractivity contribution in [3.63, 3.8) is 0 Å². The van der Waals surface area contributed by atoms with Crippen molar-refractivity contribution in [1.82, 2.24) is 0 Å². The van der Waals surface area contributed by atoms with E-state index in [1.165, 1.54) is 77.0 Å². The summed E-state index contributed by atoms with van der Waals surface area (Å²) in [5.74, 6) is 2.24. The summed E-state index contributed by atoms with van der Waals surface area (Å²) in [7, 11) is 0. The van der Waals surface area contributed by atoms with E-state index in [0.717, 1.165) is 77.0 Å². The van der Waals surface area contributed by atoms with Gasteiger partial charge in [-0.15, -0.1) is 0 Å². The summed E-state index contributed by atoms with van der Waals surface area (Å²) in [6, 6.07) is 0. The normalized spacial score (nSPS) is 11.4. The van der Waals surface area contributed by atoms with Crippen LogP contribution in [-0.2, 0) is 43.4 Å². The zero-order valence-corrected chi connectivity index (χ0v) is 44.6. The monoisotopic (exact) mass is 913 g/mol. The van der Waals surface area contributed by atoms with Gasteiger partial charge in [-0.25, -0.2) is 0 Å². The Morgan fingerprint density at radius 3 is 0.431 bits per heavy atom. The number of rotatable bonds is 28. The predicted molar refractivity (Wildman–Crippen MR) is 250 cm³/mol. The predicted octanol–water partition coefficient (Wildman–Crippen LogP) is 11.9. The molecule has 4 atom stereocenters. The van der Waals surface area contributed by atoms with Crippen molar-refractivity contribution in [1.29, 1.82) is 0 Å². The molecule has 0 aromatic rings. The molecule has 0 amide bonds. The number of hydrogen-bond acceptors (Lipinski definition) is 8. The largest absolute Gasteiger partial charge is 0.396 e. The van der Waals surface area contributed by atoms with Crippen LogP contribution in [0.5, 0.6) is 0 Å². The molecule has 10 heteroatoms. The van der Waals surface area contributed by atoms with Gasteiger partial charge in [0.2, 0.25) is 0 Å². The molecule has 0 aromatic carbocycles. The van der Waals surface area contributed by atoms with E-state index in [9.17, 15) is 0 Å². The molecule has 8 N–H and O–H groups in total. The minimum Gasteiger partial charge on any atom is -0.396 e. The molecule has 58 heavy (non-hydrogen) atoms. The molecular formula is C48H112O8Ti2. The van der Waals surface area contributed by atoms with Crippen LogP contribution in [-0.4, -0.2) is 93.7 Å². The molecule has 0 heterocycles. The molecule has 0 radical (unpaired) electrons. The number of aliphatic hydroxyl groups is 8. The third-order valence-corrected chi connectivity index (χ3v) is 9.25. The molecule has 0 bridgehead atoms. The van der Waals surface area contributed by atoms with Crippen LogP contribution in [0.25, 0.3) is 0 Å². The molecular weight excluding hydrogens is 800 g/mol. The van der Waals surface area contributed by atoms with Crippen molar-refractivity contribution < 1.29 is 84.3 Å². The SMILES string of the molecule is CCCCC(CC)CO.CCCCC(CC)CO.CCCCC(CC)CO.CCCCC(CC)CO.CCCCO.CCCCO.CCCCO.CCCCO.[Ti].[Ti]. The van der Waals surface area contributed by atoms with Crippen molar-refractivity contribution in [2.45, 2.75) is 237 Å². The first-order valence-corrected chi connectivity index (χ1v) is 23.9. The molecule has 0 fully saturated rings. The fourth-order valence-corrected chi connectivity index (χ4v) is 4.30. The molecule has 8 nitrogen and oxygen atoms in total. The quantitative estimate of drug-likeness (QED) is 0.0360. The van der Waals surface area contributed by atoms with Crippen molar-refractivity contribution in [2.75, 3.05) is 52.9 Å². The molecule has 360 valence electrons. The zero-order valence-electron chi connectivity index (χ0n) is 41.5. The first-order chi connectivity index (χ1) is 27.0. The van der Waals surface area contributed by atoms with E-state index in [0.29, 0.717) is 76.5 Å². The Balaban J connectivity index is -0.0000000573. The topological polar surface area (TPSA) is 162 Å². The van der Waals surface area contributed by atoms with E-state index < -0.39 is 0 Å². The van der Waals surface area contributed by atoms with E-state index in [2.05, 4.69) is 83.1 Å². The van der Waals surface area contributed by atoms with E-state index in [-0.39, 0.29) is 43.4 Å². The van der Waals surface area contributed by atoms with Gasteiger partial charge < -0.3 is 40.9 Å². The van der Waals surface area contributed by atoms with Crippen LogP contribution in [0, 0.1) is 23.7 Å². The van der Waals surface area contributed by atoms with Crippen LogP contribution >= 0.6 is 0 Å². The van der Waals surface area contributed by atoms with Crippen LogP contribution in [0.2, 0.25) is 0 Å². The van der Waals surface area contributed by atoms with Gasteiger partial charge in [0.25, 0.3) is 0 Å². The smallest absolute Gasteiger partial charge is 0.0459 e. The van der Waals surface area contributed by atoms with Crippen LogP contribution in [0.3, 0.4) is 0 Å². The fraction of sp³-hybridized carbons (Fsp3) is 1.00. The van der Waals surface area contributed by atoms with Gasteiger partial charge in [0.05, 0.1) is 0 Å². The van der Waals surface area contributed by atoms with Gasteiger partial charge in [-0.1, -0.05) is 186 Å². The molecule has 0 rings (SSSR count). The average molecular weight is 913 g/mol. The Labute approximate surface area is 395 Å². The maximum Gasteiger partial charge on any atom is 0.0459 e. The van der Waals surface area contributed by atoms with Gasteiger partial charge in [-0.3, -0.25) is 0 Å². The summed E-state index contributed by atoms with van der Waals surface area (Å²) in [4.78, 5) is 0. The van der Waals surface area contributed by atoms with Crippen LogP contribution in [0.1, 0.15) is 237 Å². The van der Waals surface area contributed by atoms with Gasteiger partial charge in [0.15, 0.2) is 0 Å². The van der Waals surface area contributed by atoms with Gasteiger partial charge in [-0.2, -0.15) is 0 Å². The van der Waals surface area contributed by atoms with Crippen molar-refractivity contribution in [3.8, 4) is 0 Å². The Hall–Kier alpha value is 1.11. The van der Waals surface area contributed by atoms with Gasteiger partial charge in [0, 0.05) is 96.3 Å². The Morgan fingerprint density at radius 1 is 0.241 bits per heavy atom. The number of unbranched alkanes of at least 4 members (excludes halogenated alkanes) is 8. The maximum absolute atomic E-state index is 8.75. The second-order valence-electron chi connectivity index (χ2n) is 14.7. The average Bonchev–Trinajstić information content (AvgIpc) is 3.22. The van der Waals surface area contributed by atoms with E-state index >= 15 is 0 Å². The van der Waals surface area contributed by atoms with Crippen molar-refractivity contribution in [3.05, 3.63) is 0 Å². The molecule has 0 aliphatic rings. The Morgan fingerprint density at radius 2 is 0.379 bits per heavy atom. The molecule has 4 unspecified atom stereocenters. The van der Waals surface area contributed by atoms with Crippen LogP contribution < -0.4 is 0 Å². The first kappa shape index (κ1) is 82.8. The summed E-state index contributed by atoms with van der Waals surface area (Å²) in [6.07, 6.45) is 27.5. The fourth-order valence-electron chi connectivity index (χ4n) is 4.30. The summed E-state index contributed by atoms with van der Waals surface area (Å²) >= 11 is 0. The minimum atomic E-state index is 0. The van der Waals surface area contributed by atoms with E-state index in [1.54, 1.807) is 0 Å². The molecule has 0 spiro atoms. The summed E-state index contributed by atoms with van der Waals surface area (Å²) in [6.45, 7) is 28.3. The van der Waals surface area contributed by atoms with Crippen LogP contribution in [0.15, 0.2) is 0 Å². The summed E-state index contributed by atoms with van der Waals surface area (Å²) < 4.78 is 0. The third-order valence-electron chi connectivity index (χ3n) is 9.25. The van der Waals surface area contributed by atoms with E-state index in [4.69, 9.17) is 40.9 Å². The Bertz CT molecular complexity index is 414. The van der Waals surface area contributed by atoms with Crippen LogP contribution in [0.4, 0.5) is 0 Å². The first-order valence-electron chi connectivity index (χ1n) is 23.9. The standard InChI is InChI=1S/4C8H18O.4C4H10O.2Ti/c4*1-3-5-6-8(4-2)7-9;4*1-2-3-4-5;;/h4*8-9H,3-7H2,1-2H3;4*5H,2-4H2,1H3;;. The molecule has 0 aromatic heterocycles. The molecule has 0 aliphatic carbocycles. The second-order valence-corrected chi connectivity index (χ2v) is 14.7. The van der Waals surface area contributed by atoms with E-state index in [1.807, 2.05) is 0 Å². The number of aliphatic hydroxyl groups excluding tert-OH is 8. The minimum absolute atomic E-state index is 0. The van der Waals surface area contributed by atoms with Crippen molar-refractivity contribution >= 4 is 0 Å². The van der Waals surface area contributed by atoms with Gasteiger partial charge >= 0.3 is 0 Å². The summed E-state index contributed by atoms with van der Waals surface area (Å²) in [5, 5.41) is 67.3. The van der Waals surface area contributed by atoms with Crippen molar-refractivity contribution in [2.24, 2.45) is 23.7 Å². The molecule has 0 saturated heterocycles. The molecule has 0 aliphatic heterocycles. The number of hydrogen-bond donors (Lipinski definition) is 8. The maximum atomic E-state index is 8.75. The molecule has 0 saturated carbocycles. The second kappa shape index (κ2) is 93.1. The third kappa shape index (κ3) is 106. The van der Waals surface area contributed by atoms with Gasteiger partial charge in [0.1, 0.15) is 0 Å². The summed E-state index contributed by atoms with van der Waals surface area (Å²) in [5.41, 5.74) is 0. The zero-order chi connectivity index (χ0) is 44.9. The Kier molecular flexibility index (Phi) is 133. The van der Waals surface area contributed by atoms with Gasteiger partial charge in [-0.05, 0) is 75.0 Å².